The Morgan fingerprint density at radius 3 is 1.37 bits per heavy atom. The molecular weight excluding hydrogens is 763 g/mol. The second kappa shape index (κ2) is 15.1. The molecule has 63 heavy (non-hydrogen) atoms. The molecule has 2 nitrogen and oxygen atoms in total. The van der Waals surface area contributed by atoms with Gasteiger partial charge in [0.2, 0.25) is 0 Å². The maximum atomic E-state index is 6.17. The molecule has 0 spiro atoms. The Morgan fingerprint density at radius 2 is 0.730 bits per heavy atom. The van der Waals surface area contributed by atoms with E-state index in [4.69, 9.17) is 4.42 Å². The molecule has 0 aliphatic heterocycles. The number of hydrogen-bond acceptors (Lipinski definition) is 2. The first-order valence-electron chi connectivity index (χ1n) is 21.7. The van der Waals surface area contributed by atoms with Gasteiger partial charge in [0.15, 0.2) is 0 Å². The molecule has 0 amide bonds. The van der Waals surface area contributed by atoms with E-state index in [1.165, 1.54) is 55.6 Å². The van der Waals surface area contributed by atoms with Crippen molar-refractivity contribution >= 4 is 39.0 Å². The molecule has 296 valence electrons. The second-order valence-electron chi connectivity index (χ2n) is 16.4. The Bertz CT molecular complexity index is 3370. The van der Waals surface area contributed by atoms with Gasteiger partial charge in [0, 0.05) is 27.8 Å². The van der Waals surface area contributed by atoms with Crippen LogP contribution in [-0.4, -0.2) is 0 Å². The summed E-state index contributed by atoms with van der Waals surface area (Å²) in [4.78, 5) is 2.41. The van der Waals surface area contributed by atoms with Crippen LogP contribution in [0, 0.1) is 0 Å². The summed E-state index contributed by atoms with van der Waals surface area (Å²) in [7, 11) is 0. The molecule has 0 atom stereocenters. The molecule has 1 aromatic heterocycles. The summed E-state index contributed by atoms with van der Waals surface area (Å²) in [5.41, 5.74) is 19.3. The lowest BCUT2D eigenvalue weighted by atomic mass is 9.67. The van der Waals surface area contributed by atoms with Crippen molar-refractivity contribution in [3.63, 3.8) is 0 Å². The van der Waals surface area contributed by atoms with Gasteiger partial charge in [0.05, 0.1) is 5.41 Å². The van der Waals surface area contributed by atoms with Crippen molar-refractivity contribution < 1.29 is 4.42 Å². The first kappa shape index (κ1) is 36.6. The maximum Gasteiger partial charge on any atom is 0.135 e. The minimum atomic E-state index is -0.508. The van der Waals surface area contributed by atoms with Crippen LogP contribution in [0.4, 0.5) is 17.1 Å². The third-order valence-corrected chi connectivity index (χ3v) is 13.0. The Morgan fingerprint density at radius 1 is 0.286 bits per heavy atom. The summed E-state index contributed by atoms with van der Waals surface area (Å²) in [5.74, 6) is 0. The van der Waals surface area contributed by atoms with E-state index in [2.05, 4.69) is 241 Å². The van der Waals surface area contributed by atoms with E-state index in [0.29, 0.717) is 0 Å². The second-order valence-corrected chi connectivity index (χ2v) is 16.4. The van der Waals surface area contributed by atoms with Gasteiger partial charge in [-0.1, -0.05) is 194 Å². The van der Waals surface area contributed by atoms with Gasteiger partial charge in [-0.05, 0) is 121 Å². The van der Waals surface area contributed by atoms with Crippen molar-refractivity contribution in [1.82, 2.24) is 0 Å². The Balaban J connectivity index is 0.999. The highest BCUT2D eigenvalue weighted by Crippen LogP contribution is 2.57. The molecule has 11 aromatic rings. The maximum absolute atomic E-state index is 6.17. The number of furan rings is 1. The minimum Gasteiger partial charge on any atom is -0.456 e. The smallest absolute Gasteiger partial charge is 0.135 e. The molecule has 12 rings (SSSR count). The van der Waals surface area contributed by atoms with Crippen LogP contribution in [0.5, 0.6) is 0 Å². The van der Waals surface area contributed by atoms with Gasteiger partial charge in [0.1, 0.15) is 11.2 Å². The zero-order valence-corrected chi connectivity index (χ0v) is 34.5. The van der Waals surface area contributed by atoms with Crippen LogP contribution in [-0.2, 0) is 5.41 Å². The van der Waals surface area contributed by atoms with Gasteiger partial charge in [-0.25, -0.2) is 0 Å². The van der Waals surface area contributed by atoms with Crippen LogP contribution >= 0.6 is 0 Å². The zero-order chi connectivity index (χ0) is 41.7. The number of para-hydroxylation sites is 1. The largest absolute Gasteiger partial charge is 0.456 e. The van der Waals surface area contributed by atoms with Crippen LogP contribution in [0.25, 0.3) is 66.4 Å². The van der Waals surface area contributed by atoms with Crippen LogP contribution < -0.4 is 4.90 Å². The van der Waals surface area contributed by atoms with Gasteiger partial charge < -0.3 is 9.32 Å². The Labute approximate surface area is 367 Å². The van der Waals surface area contributed by atoms with Crippen LogP contribution in [0.1, 0.15) is 22.3 Å². The fraction of sp³-hybridized carbons (Fsp3) is 0.0164. The molecule has 0 bridgehead atoms. The molecular formula is C61H41NO. The number of fused-ring (bicyclic) bond motifs is 6. The summed E-state index contributed by atoms with van der Waals surface area (Å²) >= 11 is 0. The normalized spacial score (nSPS) is 12.6. The van der Waals surface area contributed by atoms with Gasteiger partial charge >= 0.3 is 0 Å². The highest BCUT2D eigenvalue weighted by Gasteiger charge is 2.46. The number of rotatable bonds is 8. The van der Waals surface area contributed by atoms with Crippen molar-refractivity contribution in [2.75, 3.05) is 4.90 Å². The summed E-state index contributed by atoms with van der Waals surface area (Å²) in [5, 5.41) is 2.26. The van der Waals surface area contributed by atoms with Crippen molar-refractivity contribution in [3.05, 3.63) is 271 Å². The Hall–Kier alpha value is -8.20. The third-order valence-electron chi connectivity index (χ3n) is 13.0. The van der Waals surface area contributed by atoms with Gasteiger partial charge in [-0.15, -0.1) is 0 Å². The number of nitrogens with zero attached hydrogens (tertiary/aromatic N) is 1. The number of anilines is 3. The lowest BCUT2D eigenvalue weighted by Gasteiger charge is -2.35. The number of hydrogen-bond donors (Lipinski definition) is 0. The van der Waals surface area contributed by atoms with E-state index in [-0.39, 0.29) is 0 Å². The molecule has 1 aliphatic carbocycles. The predicted octanol–water partition coefficient (Wildman–Crippen LogP) is 16.4. The molecule has 0 radical (unpaired) electrons. The average molecular weight is 804 g/mol. The van der Waals surface area contributed by atoms with E-state index >= 15 is 0 Å². The molecule has 0 fully saturated rings. The highest BCUT2D eigenvalue weighted by molar-refractivity contribution is 6.06. The average Bonchev–Trinajstić information content (AvgIpc) is 3.89. The predicted molar refractivity (Wildman–Crippen MR) is 262 cm³/mol. The summed E-state index contributed by atoms with van der Waals surface area (Å²) in [6.07, 6.45) is 0. The quantitative estimate of drug-likeness (QED) is 0.152. The van der Waals surface area contributed by atoms with Crippen molar-refractivity contribution in [2.24, 2.45) is 0 Å². The first-order valence-corrected chi connectivity index (χ1v) is 21.7. The molecule has 1 heterocycles. The molecule has 1 aliphatic rings. The highest BCUT2D eigenvalue weighted by atomic mass is 16.3. The van der Waals surface area contributed by atoms with E-state index in [1.54, 1.807) is 0 Å². The molecule has 0 saturated heterocycles. The molecule has 2 heteroatoms. The monoisotopic (exact) mass is 803 g/mol. The van der Waals surface area contributed by atoms with Crippen molar-refractivity contribution in [3.8, 4) is 44.5 Å². The van der Waals surface area contributed by atoms with E-state index in [9.17, 15) is 0 Å². The van der Waals surface area contributed by atoms with E-state index < -0.39 is 5.41 Å². The third kappa shape index (κ3) is 6.10. The topological polar surface area (TPSA) is 16.4 Å². The Kier molecular flexibility index (Phi) is 8.76. The van der Waals surface area contributed by atoms with Crippen LogP contribution in [0.15, 0.2) is 253 Å². The summed E-state index contributed by atoms with van der Waals surface area (Å²) in [6.45, 7) is 0. The zero-order valence-electron chi connectivity index (χ0n) is 34.5. The summed E-state index contributed by atoms with van der Waals surface area (Å²) < 4.78 is 6.17. The minimum absolute atomic E-state index is 0.508. The lowest BCUT2D eigenvalue weighted by molar-refractivity contribution is 0.669. The first-order chi connectivity index (χ1) is 31.2. The summed E-state index contributed by atoms with van der Waals surface area (Å²) in [6, 6.07) is 90.3. The van der Waals surface area contributed by atoms with Crippen LogP contribution in [0.2, 0.25) is 0 Å². The van der Waals surface area contributed by atoms with Gasteiger partial charge in [0.25, 0.3) is 0 Å². The van der Waals surface area contributed by atoms with E-state index in [0.717, 1.165) is 50.1 Å². The van der Waals surface area contributed by atoms with E-state index in [1.807, 2.05) is 12.1 Å². The number of benzene rings is 10. The molecule has 0 N–H and O–H groups in total. The van der Waals surface area contributed by atoms with Crippen molar-refractivity contribution in [2.45, 2.75) is 5.41 Å². The molecule has 10 aromatic carbocycles. The standard InChI is InChI=1S/C61H41NO/c1-4-14-42(15-5-1)43-24-26-44(27-25-43)45-28-33-50(34-29-45)62(51-35-30-46(31-36-51)47-32-39-60-56(40-47)55-21-11-13-23-59(55)63-60)52-37-38-54-53-20-10-12-22-57(53)61(58(54)41-52,48-16-6-2-7-17-48)49-18-8-3-9-19-49/h1-41H. The van der Waals surface area contributed by atoms with Gasteiger partial charge in [-0.2, -0.15) is 0 Å². The van der Waals surface area contributed by atoms with Gasteiger partial charge in [-0.3, -0.25) is 0 Å². The molecule has 0 unspecified atom stereocenters. The molecule has 0 saturated carbocycles. The lowest BCUT2D eigenvalue weighted by Crippen LogP contribution is -2.28. The fourth-order valence-electron chi connectivity index (χ4n) is 10.0. The van der Waals surface area contributed by atoms with Crippen molar-refractivity contribution in [1.29, 1.82) is 0 Å². The fourth-order valence-corrected chi connectivity index (χ4v) is 10.0. The SMILES string of the molecule is c1ccc(-c2ccc(-c3ccc(N(c4ccc(-c5ccc6oc7ccccc7c6c5)cc4)c4ccc5c(c4)C(c4ccccc4)(c4ccccc4)c4ccccc4-5)cc3)cc2)cc1. The van der Waals surface area contributed by atoms with Crippen LogP contribution in [0.3, 0.4) is 0 Å².